The van der Waals surface area contributed by atoms with E-state index in [-0.39, 0.29) is 5.57 Å². The molecular weight excluding hydrogens is 307 g/mol. The van der Waals surface area contributed by atoms with Gasteiger partial charge in [0.15, 0.2) is 0 Å². The molecule has 5 heteroatoms. The summed E-state index contributed by atoms with van der Waals surface area (Å²) in [5, 5.41) is 12.4. The van der Waals surface area contributed by atoms with Gasteiger partial charge in [-0.3, -0.25) is 4.79 Å². The molecule has 0 aromatic heterocycles. The maximum absolute atomic E-state index is 12.1. The van der Waals surface area contributed by atoms with Crippen molar-refractivity contribution in [2.45, 2.75) is 0 Å². The van der Waals surface area contributed by atoms with E-state index in [2.05, 4.69) is 5.32 Å². The zero-order chi connectivity index (χ0) is 15.2. The summed E-state index contributed by atoms with van der Waals surface area (Å²) >= 11 is 11.7. The Balaban J connectivity index is 2.20. The number of nitrogens with one attached hydrogen (secondary N) is 1. The second kappa shape index (κ2) is 6.94. The predicted octanol–water partition coefficient (Wildman–Crippen LogP) is 4.54. The van der Waals surface area contributed by atoms with E-state index in [0.717, 1.165) is 5.56 Å². The average molecular weight is 317 g/mol. The maximum Gasteiger partial charge on any atom is 0.266 e. The van der Waals surface area contributed by atoms with E-state index in [4.69, 9.17) is 28.5 Å². The standard InChI is InChI=1S/C16H10Cl2N2O/c17-14-7-6-13(9-15(14)18)20-16(21)12(10-19)8-11-4-2-1-3-5-11/h1-9H,(H,20,21). The van der Waals surface area contributed by atoms with Gasteiger partial charge in [-0.15, -0.1) is 0 Å². The van der Waals surface area contributed by atoms with Gasteiger partial charge >= 0.3 is 0 Å². The first-order valence-electron chi connectivity index (χ1n) is 6.03. The number of amides is 1. The monoisotopic (exact) mass is 316 g/mol. The third-order valence-corrected chi connectivity index (χ3v) is 3.39. The Bertz CT molecular complexity index is 734. The molecule has 21 heavy (non-hydrogen) atoms. The van der Waals surface area contributed by atoms with Crippen LogP contribution in [0.1, 0.15) is 5.56 Å². The molecular formula is C16H10Cl2N2O. The van der Waals surface area contributed by atoms with Gasteiger partial charge in [0.2, 0.25) is 0 Å². The molecule has 104 valence electrons. The van der Waals surface area contributed by atoms with Crippen molar-refractivity contribution < 1.29 is 4.79 Å². The zero-order valence-corrected chi connectivity index (χ0v) is 12.3. The summed E-state index contributed by atoms with van der Waals surface area (Å²) in [6.07, 6.45) is 1.52. The summed E-state index contributed by atoms with van der Waals surface area (Å²) in [5.74, 6) is -0.500. The van der Waals surface area contributed by atoms with Gasteiger partial charge in [-0.25, -0.2) is 0 Å². The van der Waals surface area contributed by atoms with Crippen LogP contribution >= 0.6 is 23.2 Å². The second-order valence-electron chi connectivity index (χ2n) is 4.16. The van der Waals surface area contributed by atoms with Crippen molar-refractivity contribution in [3.63, 3.8) is 0 Å². The Labute approximate surface area is 132 Å². The summed E-state index contributed by atoms with van der Waals surface area (Å²) in [7, 11) is 0. The van der Waals surface area contributed by atoms with E-state index >= 15 is 0 Å². The number of hydrogen-bond donors (Lipinski definition) is 1. The highest BCUT2D eigenvalue weighted by Crippen LogP contribution is 2.25. The first-order valence-corrected chi connectivity index (χ1v) is 6.79. The van der Waals surface area contributed by atoms with Crippen LogP contribution in [0.5, 0.6) is 0 Å². The Kier molecular flexibility index (Phi) is 4.99. The fourth-order valence-electron chi connectivity index (χ4n) is 1.64. The molecule has 3 nitrogen and oxygen atoms in total. The molecule has 0 aliphatic carbocycles. The highest BCUT2D eigenvalue weighted by molar-refractivity contribution is 6.42. The highest BCUT2D eigenvalue weighted by Gasteiger charge is 2.10. The lowest BCUT2D eigenvalue weighted by Crippen LogP contribution is -2.13. The molecule has 0 saturated carbocycles. The van der Waals surface area contributed by atoms with Crippen LogP contribution in [-0.4, -0.2) is 5.91 Å². The number of benzene rings is 2. The van der Waals surface area contributed by atoms with E-state index in [1.807, 2.05) is 36.4 Å². The normalized spacial score (nSPS) is 10.8. The lowest BCUT2D eigenvalue weighted by atomic mass is 10.1. The molecule has 0 bridgehead atoms. The minimum absolute atomic E-state index is 0.00673. The number of nitrogens with zero attached hydrogens (tertiary/aromatic N) is 1. The number of anilines is 1. The highest BCUT2D eigenvalue weighted by atomic mass is 35.5. The Morgan fingerprint density at radius 3 is 2.43 bits per heavy atom. The summed E-state index contributed by atoms with van der Waals surface area (Å²) in [6.45, 7) is 0. The van der Waals surface area contributed by atoms with Crippen molar-refractivity contribution in [3.05, 3.63) is 69.7 Å². The molecule has 2 aromatic rings. The number of hydrogen-bond acceptors (Lipinski definition) is 2. The van der Waals surface area contributed by atoms with Gasteiger partial charge in [-0.1, -0.05) is 53.5 Å². The summed E-state index contributed by atoms with van der Waals surface area (Å²) in [5.41, 5.74) is 1.26. The van der Waals surface area contributed by atoms with Gasteiger partial charge in [-0.2, -0.15) is 5.26 Å². The Hall–Kier alpha value is -2.28. The van der Waals surface area contributed by atoms with Crippen LogP contribution in [-0.2, 0) is 4.79 Å². The summed E-state index contributed by atoms with van der Waals surface area (Å²) < 4.78 is 0. The topological polar surface area (TPSA) is 52.9 Å². The van der Waals surface area contributed by atoms with Crippen molar-refractivity contribution in [1.29, 1.82) is 5.26 Å². The van der Waals surface area contributed by atoms with Gasteiger partial charge in [-0.05, 0) is 29.8 Å². The summed E-state index contributed by atoms with van der Waals surface area (Å²) in [4.78, 5) is 12.1. The van der Waals surface area contributed by atoms with E-state index in [1.54, 1.807) is 12.1 Å². The van der Waals surface area contributed by atoms with Gasteiger partial charge in [0, 0.05) is 5.69 Å². The largest absolute Gasteiger partial charge is 0.321 e. The number of carbonyl (C=O) groups excluding carboxylic acids is 1. The molecule has 0 radical (unpaired) electrons. The molecule has 2 rings (SSSR count). The third-order valence-electron chi connectivity index (χ3n) is 2.65. The lowest BCUT2D eigenvalue weighted by molar-refractivity contribution is -0.112. The fraction of sp³-hybridized carbons (Fsp3) is 0. The van der Waals surface area contributed by atoms with Crippen LogP contribution < -0.4 is 5.32 Å². The molecule has 0 unspecified atom stereocenters. The van der Waals surface area contributed by atoms with Crippen LogP contribution in [0, 0.1) is 11.3 Å². The van der Waals surface area contributed by atoms with Gasteiger partial charge < -0.3 is 5.32 Å². The van der Waals surface area contributed by atoms with Crippen LogP contribution in [0.4, 0.5) is 5.69 Å². The first-order chi connectivity index (χ1) is 10.1. The van der Waals surface area contributed by atoms with Gasteiger partial charge in [0.05, 0.1) is 10.0 Å². The maximum atomic E-state index is 12.1. The second-order valence-corrected chi connectivity index (χ2v) is 4.98. The predicted molar refractivity (Wildman–Crippen MR) is 85.1 cm³/mol. The number of halogens is 2. The van der Waals surface area contributed by atoms with Crippen molar-refractivity contribution in [3.8, 4) is 6.07 Å². The molecule has 0 spiro atoms. The molecule has 0 aliphatic rings. The lowest BCUT2D eigenvalue weighted by Gasteiger charge is -2.05. The van der Waals surface area contributed by atoms with E-state index in [9.17, 15) is 4.79 Å². The minimum atomic E-state index is -0.500. The minimum Gasteiger partial charge on any atom is -0.321 e. The fourth-order valence-corrected chi connectivity index (χ4v) is 1.93. The van der Waals surface area contributed by atoms with Crippen molar-refractivity contribution in [2.75, 3.05) is 5.32 Å². The molecule has 1 N–H and O–H groups in total. The molecule has 1 amide bonds. The number of carbonyl (C=O) groups is 1. The zero-order valence-electron chi connectivity index (χ0n) is 10.8. The van der Waals surface area contributed by atoms with E-state index in [1.165, 1.54) is 12.1 Å². The van der Waals surface area contributed by atoms with Gasteiger partial charge in [0.1, 0.15) is 11.6 Å². The van der Waals surface area contributed by atoms with E-state index in [0.29, 0.717) is 15.7 Å². The average Bonchev–Trinajstić information content (AvgIpc) is 2.49. The van der Waals surface area contributed by atoms with Crippen LogP contribution in [0.15, 0.2) is 54.1 Å². The first kappa shape index (κ1) is 15.1. The molecule has 2 aromatic carbocycles. The van der Waals surface area contributed by atoms with Crippen LogP contribution in [0.2, 0.25) is 10.0 Å². The molecule has 0 fully saturated rings. The van der Waals surface area contributed by atoms with Crippen molar-refractivity contribution in [1.82, 2.24) is 0 Å². The van der Waals surface area contributed by atoms with Gasteiger partial charge in [0.25, 0.3) is 5.91 Å². The molecule has 0 saturated heterocycles. The molecule has 0 heterocycles. The Morgan fingerprint density at radius 2 is 1.81 bits per heavy atom. The number of rotatable bonds is 3. The van der Waals surface area contributed by atoms with Crippen molar-refractivity contribution in [2.24, 2.45) is 0 Å². The molecule has 0 atom stereocenters. The quantitative estimate of drug-likeness (QED) is 0.667. The Morgan fingerprint density at radius 1 is 1.10 bits per heavy atom. The summed E-state index contributed by atoms with van der Waals surface area (Å²) in [6, 6.07) is 15.7. The SMILES string of the molecule is N#CC(=Cc1ccccc1)C(=O)Nc1ccc(Cl)c(Cl)c1. The van der Waals surface area contributed by atoms with Crippen LogP contribution in [0.25, 0.3) is 6.08 Å². The smallest absolute Gasteiger partial charge is 0.266 e. The third kappa shape index (κ3) is 4.09. The van der Waals surface area contributed by atoms with Crippen LogP contribution in [0.3, 0.4) is 0 Å². The van der Waals surface area contributed by atoms with E-state index < -0.39 is 5.91 Å². The number of nitriles is 1. The van der Waals surface area contributed by atoms with Crippen molar-refractivity contribution >= 4 is 40.9 Å². The molecule has 0 aliphatic heterocycles.